The van der Waals surface area contributed by atoms with Gasteiger partial charge in [-0.05, 0) is 44.7 Å². The van der Waals surface area contributed by atoms with Crippen LogP contribution in [0.5, 0.6) is 0 Å². The van der Waals surface area contributed by atoms with Gasteiger partial charge in [0.2, 0.25) is 0 Å². The van der Waals surface area contributed by atoms with Gasteiger partial charge in [-0.1, -0.05) is 0 Å². The number of aromatic nitrogens is 2. The van der Waals surface area contributed by atoms with Gasteiger partial charge >= 0.3 is 0 Å². The van der Waals surface area contributed by atoms with Crippen molar-refractivity contribution in [3.63, 3.8) is 0 Å². The zero-order valence-corrected chi connectivity index (χ0v) is 15.7. The fourth-order valence-corrected chi connectivity index (χ4v) is 4.69. The minimum absolute atomic E-state index is 0.0107. The van der Waals surface area contributed by atoms with Crippen molar-refractivity contribution < 1.29 is 0 Å². The van der Waals surface area contributed by atoms with E-state index in [4.69, 9.17) is 4.98 Å². The van der Waals surface area contributed by atoms with Gasteiger partial charge in [-0.2, -0.15) is 0 Å². The highest BCUT2D eigenvalue weighted by Gasteiger charge is 2.23. The second-order valence-electron chi connectivity index (χ2n) is 7.04. The Kier molecular flexibility index (Phi) is 4.56. The fourth-order valence-electron chi connectivity index (χ4n) is 3.59. The zero-order chi connectivity index (χ0) is 17.4. The van der Waals surface area contributed by atoms with Crippen LogP contribution < -0.4 is 5.56 Å². The summed E-state index contributed by atoms with van der Waals surface area (Å²) >= 11 is 1.86. The molecule has 5 nitrogen and oxygen atoms in total. The van der Waals surface area contributed by atoms with Crippen molar-refractivity contribution in [3.05, 3.63) is 48.8 Å². The summed E-state index contributed by atoms with van der Waals surface area (Å²) in [5.41, 5.74) is 4.13. The number of fused-ring (bicyclic) bond motifs is 1. The van der Waals surface area contributed by atoms with Crippen molar-refractivity contribution in [3.8, 4) is 0 Å². The number of hydrogen-bond donors (Lipinski definition) is 1. The number of aryl methyl sites for hydroxylation is 2. The lowest BCUT2D eigenvalue weighted by Crippen LogP contribution is -2.36. The molecule has 2 aromatic heterocycles. The number of nitrogens with one attached hydrogen (secondary N) is 1. The Morgan fingerprint density at radius 3 is 2.88 bits per heavy atom. The number of aromatic amines is 1. The third-order valence-corrected chi connectivity index (χ3v) is 6.28. The predicted octanol–water partition coefficient (Wildman–Crippen LogP) is 2.98. The van der Waals surface area contributed by atoms with Crippen molar-refractivity contribution >= 4 is 17.0 Å². The third kappa shape index (κ3) is 3.46. The van der Waals surface area contributed by atoms with E-state index in [9.17, 15) is 4.79 Å². The lowest BCUT2D eigenvalue weighted by atomic mass is 10.1. The number of hydrogen-bond acceptors (Lipinski definition) is 5. The molecule has 0 aromatic carbocycles. The molecule has 4 heterocycles. The highest BCUT2D eigenvalue weighted by molar-refractivity contribution is 7.12. The summed E-state index contributed by atoms with van der Waals surface area (Å²) in [4.78, 5) is 30.0. The molecule has 0 aliphatic carbocycles. The molecule has 1 N–H and O–H groups in total. The molecule has 2 aliphatic rings. The maximum Gasteiger partial charge on any atom is 0.255 e. The highest BCUT2D eigenvalue weighted by Crippen LogP contribution is 2.24. The summed E-state index contributed by atoms with van der Waals surface area (Å²) in [5.74, 6) is 0.696. The fraction of sp³-hybridized carbons (Fsp3) is 0.526. The topological polar surface area (TPSA) is 61.4 Å². The SMILES string of the molecule is Cc1cc(CN2CCc3nc(C4=NCCCC4)[nH]c(=O)c3C2)sc1C. The van der Waals surface area contributed by atoms with Gasteiger partial charge in [0.1, 0.15) is 0 Å². The molecular formula is C19H24N4OS. The van der Waals surface area contributed by atoms with Gasteiger partial charge in [-0.15, -0.1) is 11.3 Å². The summed E-state index contributed by atoms with van der Waals surface area (Å²) in [5, 5.41) is 0. The molecule has 0 unspecified atom stereocenters. The number of rotatable bonds is 3. The van der Waals surface area contributed by atoms with Crippen LogP contribution in [-0.2, 0) is 19.5 Å². The Morgan fingerprint density at radius 1 is 1.28 bits per heavy atom. The molecular weight excluding hydrogens is 332 g/mol. The maximum absolute atomic E-state index is 12.6. The normalized spacial score (nSPS) is 18.1. The highest BCUT2D eigenvalue weighted by atomic mass is 32.1. The third-order valence-electron chi connectivity index (χ3n) is 5.14. The van der Waals surface area contributed by atoms with E-state index in [0.29, 0.717) is 12.4 Å². The molecule has 0 radical (unpaired) electrons. The standard InChI is InChI=1S/C19H24N4OS/c1-12-9-14(25-13(12)2)10-23-8-6-16-15(11-23)19(24)22-18(21-16)17-5-3-4-7-20-17/h9H,3-8,10-11H2,1-2H3,(H,21,22,24). The van der Waals surface area contributed by atoms with Crippen molar-refractivity contribution in [2.45, 2.75) is 52.6 Å². The number of aliphatic imine (C=N–C) groups is 1. The van der Waals surface area contributed by atoms with Gasteiger partial charge in [-0.3, -0.25) is 14.7 Å². The lowest BCUT2D eigenvalue weighted by Gasteiger charge is -2.27. The molecule has 4 rings (SSSR count). The monoisotopic (exact) mass is 356 g/mol. The molecule has 0 saturated carbocycles. The smallest absolute Gasteiger partial charge is 0.255 e. The van der Waals surface area contributed by atoms with Gasteiger partial charge in [0.25, 0.3) is 5.56 Å². The van der Waals surface area contributed by atoms with Crippen molar-refractivity contribution in [2.75, 3.05) is 13.1 Å². The molecule has 0 saturated heterocycles. The number of H-pyrrole nitrogens is 1. The molecule has 2 aromatic rings. The first-order valence-corrected chi connectivity index (χ1v) is 9.86. The van der Waals surface area contributed by atoms with Gasteiger partial charge in [0, 0.05) is 42.4 Å². The van der Waals surface area contributed by atoms with E-state index in [0.717, 1.165) is 62.3 Å². The Morgan fingerprint density at radius 2 is 2.16 bits per heavy atom. The maximum atomic E-state index is 12.6. The Hall–Kier alpha value is -1.79. The van der Waals surface area contributed by atoms with Crippen LogP contribution >= 0.6 is 11.3 Å². The second-order valence-corrected chi connectivity index (χ2v) is 8.38. The van der Waals surface area contributed by atoms with Crippen LogP contribution in [0.4, 0.5) is 0 Å². The largest absolute Gasteiger partial charge is 0.305 e. The Bertz CT molecular complexity index is 861. The van der Waals surface area contributed by atoms with Crippen LogP contribution in [0.15, 0.2) is 15.9 Å². The van der Waals surface area contributed by atoms with Gasteiger partial charge < -0.3 is 4.98 Å². The van der Waals surface area contributed by atoms with E-state index in [-0.39, 0.29) is 5.56 Å². The number of nitrogens with zero attached hydrogens (tertiary/aromatic N) is 3. The summed E-state index contributed by atoms with van der Waals surface area (Å²) in [6, 6.07) is 2.27. The molecule has 0 atom stereocenters. The predicted molar refractivity (Wildman–Crippen MR) is 102 cm³/mol. The molecule has 6 heteroatoms. The quantitative estimate of drug-likeness (QED) is 0.920. The molecule has 0 bridgehead atoms. The Balaban J connectivity index is 1.55. The van der Waals surface area contributed by atoms with Crippen LogP contribution in [0.1, 0.15) is 51.7 Å². The van der Waals surface area contributed by atoms with Crippen LogP contribution in [0.25, 0.3) is 0 Å². The van der Waals surface area contributed by atoms with Gasteiger partial charge in [-0.25, -0.2) is 4.98 Å². The Labute approximate surface area is 151 Å². The first-order chi connectivity index (χ1) is 12.1. The minimum atomic E-state index is 0.0107. The average molecular weight is 356 g/mol. The first kappa shape index (κ1) is 16.7. The molecule has 0 spiro atoms. The van der Waals surface area contributed by atoms with Crippen molar-refractivity contribution in [2.24, 2.45) is 4.99 Å². The summed E-state index contributed by atoms with van der Waals surface area (Å²) in [6.45, 7) is 7.71. The van der Waals surface area contributed by atoms with E-state index in [1.54, 1.807) is 0 Å². The van der Waals surface area contributed by atoms with E-state index in [1.165, 1.54) is 15.3 Å². The summed E-state index contributed by atoms with van der Waals surface area (Å²) in [7, 11) is 0. The summed E-state index contributed by atoms with van der Waals surface area (Å²) in [6.07, 6.45) is 4.02. The van der Waals surface area contributed by atoms with E-state index in [1.807, 2.05) is 11.3 Å². The molecule has 0 fully saturated rings. The van der Waals surface area contributed by atoms with E-state index >= 15 is 0 Å². The second kappa shape index (κ2) is 6.84. The first-order valence-electron chi connectivity index (χ1n) is 9.04. The van der Waals surface area contributed by atoms with E-state index < -0.39 is 0 Å². The molecule has 132 valence electrons. The van der Waals surface area contributed by atoms with Crippen LogP contribution in [0.2, 0.25) is 0 Å². The van der Waals surface area contributed by atoms with Crippen molar-refractivity contribution in [1.82, 2.24) is 14.9 Å². The van der Waals surface area contributed by atoms with Crippen LogP contribution in [0.3, 0.4) is 0 Å². The zero-order valence-electron chi connectivity index (χ0n) is 14.9. The van der Waals surface area contributed by atoms with Crippen LogP contribution in [0, 0.1) is 13.8 Å². The molecule has 25 heavy (non-hydrogen) atoms. The molecule has 0 amide bonds. The number of thiophene rings is 1. The average Bonchev–Trinajstić information content (AvgIpc) is 2.93. The van der Waals surface area contributed by atoms with Gasteiger partial charge in [0.15, 0.2) is 5.82 Å². The van der Waals surface area contributed by atoms with Gasteiger partial charge in [0.05, 0.1) is 17.0 Å². The van der Waals surface area contributed by atoms with Crippen molar-refractivity contribution in [1.29, 1.82) is 0 Å². The lowest BCUT2D eigenvalue weighted by molar-refractivity contribution is 0.243. The molecule has 2 aliphatic heterocycles. The minimum Gasteiger partial charge on any atom is -0.305 e. The van der Waals surface area contributed by atoms with E-state index in [2.05, 4.69) is 34.8 Å². The van der Waals surface area contributed by atoms with Crippen LogP contribution in [-0.4, -0.2) is 33.7 Å². The summed E-state index contributed by atoms with van der Waals surface area (Å²) < 4.78 is 0.